The number of halogens is 1. The molecule has 0 saturated carbocycles. The maximum absolute atomic E-state index is 8.63. The normalized spacial score (nSPS) is 10.8. The zero-order chi connectivity index (χ0) is 16.1. The zero-order valence-electron chi connectivity index (χ0n) is 12.9. The van der Waals surface area contributed by atoms with Crippen molar-refractivity contribution in [2.45, 2.75) is 32.2 Å². The molecule has 0 N–H and O–H groups in total. The monoisotopic (exact) mass is 323 g/mol. The van der Waals surface area contributed by atoms with E-state index < -0.39 is 0 Å². The third-order valence-corrected chi connectivity index (χ3v) is 4.15. The minimum atomic E-state index is 0.631. The number of unbranched alkanes of at least 4 members (excludes halogenated alkanes) is 3. The van der Waals surface area contributed by atoms with Crippen molar-refractivity contribution in [1.82, 2.24) is 9.55 Å². The number of benzene rings is 2. The number of nitrogens with zero attached hydrogens (tertiary/aromatic N) is 3. The first kappa shape index (κ1) is 15.6. The fourth-order valence-corrected chi connectivity index (χ4v) is 2.95. The van der Waals surface area contributed by atoms with Crippen LogP contribution in [0.4, 0.5) is 0 Å². The van der Waals surface area contributed by atoms with Gasteiger partial charge in [-0.3, -0.25) is 0 Å². The van der Waals surface area contributed by atoms with Gasteiger partial charge in [0.15, 0.2) is 0 Å². The van der Waals surface area contributed by atoms with Gasteiger partial charge in [0.2, 0.25) is 0 Å². The minimum Gasteiger partial charge on any atom is -0.324 e. The molecular formula is C19H18ClN3. The van der Waals surface area contributed by atoms with Gasteiger partial charge in [0.25, 0.3) is 0 Å². The van der Waals surface area contributed by atoms with Gasteiger partial charge in [-0.2, -0.15) is 5.26 Å². The van der Waals surface area contributed by atoms with Crippen molar-refractivity contribution in [1.29, 1.82) is 5.26 Å². The highest BCUT2D eigenvalue weighted by molar-refractivity contribution is 6.31. The van der Waals surface area contributed by atoms with Crippen LogP contribution in [0.15, 0.2) is 48.5 Å². The van der Waals surface area contributed by atoms with Crippen molar-refractivity contribution < 1.29 is 0 Å². The highest BCUT2D eigenvalue weighted by Gasteiger charge is 2.12. The van der Waals surface area contributed by atoms with Crippen molar-refractivity contribution in [2.75, 3.05) is 0 Å². The van der Waals surface area contributed by atoms with E-state index in [0.717, 1.165) is 48.2 Å². The van der Waals surface area contributed by atoms with Crippen LogP contribution in [0.25, 0.3) is 22.4 Å². The van der Waals surface area contributed by atoms with Crippen LogP contribution in [0.1, 0.15) is 25.7 Å². The molecular weight excluding hydrogens is 306 g/mol. The zero-order valence-corrected chi connectivity index (χ0v) is 13.6. The second-order valence-corrected chi connectivity index (χ2v) is 5.99. The molecule has 0 radical (unpaired) electrons. The summed E-state index contributed by atoms with van der Waals surface area (Å²) in [6, 6.07) is 18.3. The number of rotatable bonds is 6. The van der Waals surface area contributed by atoms with Crippen LogP contribution in [-0.4, -0.2) is 9.55 Å². The Morgan fingerprint density at radius 1 is 1.04 bits per heavy atom. The fourth-order valence-electron chi connectivity index (χ4n) is 2.79. The average Bonchev–Trinajstić information content (AvgIpc) is 2.93. The van der Waals surface area contributed by atoms with Gasteiger partial charge in [0.1, 0.15) is 5.82 Å². The van der Waals surface area contributed by atoms with E-state index in [2.05, 4.69) is 22.8 Å². The molecule has 0 atom stereocenters. The van der Waals surface area contributed by atoms with Gasteiger partial charge in [0, 0.05) is 23.6 Å². The smallest absolute Gasteiger partial charge is 0.141 e. The molecule has 0 spiro atoms. The SMILES string of the molecule is N#CCCCCCn1c(-c2ccccc2)nc2cc(Cl)ccc21. The Morgan fingerprint density at radius 2 is 1.87 bits per heavy atom. The topological polar surface area (TPSA) is 41.6 Å². The first-order valence-electron chi connectivity index (χ1n) is 7.88. The summed E-state index contributed by atoms with van der Waals surface area (Å²) in [4.78, 5) is 4.78. The molecule has 23 heavy (non-hydrogen) atoms. The van der Waals surface area contributed by atoms with Crippen LogP contribution in [-0.2, 0) is 6.54 Å². The molecule has 3 rings (SSSR count). The van der Waals surface area contributed by atoms with Crippen molar-refractivity contribution in [3.8, 4) is 17.5 Å². The van der Waals surface area contributed by atoms with Crippen molar-refractivity contribution >= 4 is 22.6 Å². The number of nitriles is 1. The Labute approximate surface area is 141 Å². The number of imidazole rings is 1. The molecule has 0 saturated heterocycles. The van der Waals surface area contributed by atoms with E-state index in [1.165, 1.54) is 0 Å². The molecule has 1 heterocycles. The van der Waals surface area contributed by atoms with Crippen LogP contribution in [0.5, 0.6) is 0 Å². The molecule has 0 unspecified atom stereocenters. The molecule has 0 aliphatic carbocycles. The third-order valence-electron chi connectivity index (χ3n) is 3.91. The maximum atomic E-state index is 8.63. The number of aryl methyl sites for hydroxylation is 1. The molecule has 4 heteroatoms. The number of hydrogen-bond donors (Lipinski definition) is 0. The largest absolute Gasteiger partial charge is 0.324 e. The molecule has 0 aliphatic rings. The van der Waals surface area contributed by atoms with E-state index in [9.17, 15) is 0 Å². The van der Waals surface area contributed by atoms with Gasteiger partial charge in [-0.1, -0.05) is 48.4 Å². The van der Waals surface area contributed by atoms with E-state index in [1.54, 1.807) is 0 Å². The van der Waals surface area contributed by atoms with Crippen molar-refractivity contribution in [3.05, 3.63) is 53.6 Å². The molecule has 0 bridgehead atoms. The lowest BCUT2D eigenvalue weighted by molar-refractivity contribution is 0.605. The Balaban J connectivity index is 1.94. The summed E-state index contributed by atoms with van der Waals surface area (Å²) in [7, 11) is 0. The van der Waals surface area contributed by atoms with E-state index in [-0.39, 0.29) is 0 Å². The molecule has 0 amide bonds. The Bertz CT molecular complexity index is 831. The van der Waals surface area contributed by atoms with Gasteiger partial charge < -0.3 is 4.57 Å². The summed E-state index contributed by atoms with van der Waals surface area (Å²) >= 11 is 6.11. The van der Waals surface area contributed by atoms with Crippen LogP contribution in [0, 0.1) is 11.3 Å². The average molecular weight is 324 g/mol. The lowest BCUT2D eigenvalue weighted by Crippen LogP contribution is -2.01. The van der Waals surface area contributed by atoms with Crippen molar-refractivity contribution in [3.63, 3.8) is 0 Å². The van der Waals surface area contributed by atoms with Gasteiger partial charge in [-0.15, -0.1) is 0 Å². The Hall–Kier alpha value is -2.31. The molecule has 3 aromatic rings. The highest BCUT2D eigenvalue weighted by atomic mass is 35.5. The van der Waals surface area contributed by atoms with E-state index in [4.69, 9.17) is 21.8 Å². The summed E-state index contributed by atoms with van der Waals surface area (Å²) in [6.07, 6.45) is 3.67. The number of hydrogen-bond acceptors (Lipinski definition) is 2. The lowest BCUT2D eigenvalue weighted by atomic mass is 10.2. The number of fused-ring (bicyclic) bond motifs is 1. The third kappa shape index (κ3) is 3.55. The van der Waals surface area contributed by atoms with Crippen LogP contribution in [0.2, 0.25) is 5.02 Å². The summed E-state index contributed by atoms with van der Waals surface area (Å²) in [5.74, 6) is 0.975. The molecule has 1 aromatic heterocycles. The summed E-state index contributed by atoms with van der Waals surface area (Å²) in [5.41, 5.74) is 3.14. The Morgan fingerprint density at radius 3 is 2.65 bits per heavy atom. The molecule has 0 fully saturated rings. The summed E-state index contributed by atoms with van der Waals surface area (Å²) in [6.45, 7) is 0.897. The van der Waals surface area contributed by atoms with Gasteiger partial charge in [0.05, 0.1) is 17.1 Å². The predicted molar refractivity (Wildman–Crippen MR) is 94.3 cm³/mol. The van der Waals surface area contributed by atoms with E-state index in [1.807, 2.05) is 36.4 Å². The molecule has 2 aromatic carbocycles. The quantitative estimate of drug-likeness (QED) is 0.567. The van der Waals surface area contributed by atoms with Crippen LogP contribution in [0.3, 0.4) is 0 Å². The van der Waals surface area contributed by atoms with E-state index in [0.29, 0.717) is 11.4 Å². The summed E-state index contributed by atoms with van der Waals surface area (Å²) in [5, 5.41) is 9.34. The molecule has 116 valence electrons. The first-order chi connectivity index (χ1) is 11.3. The minimum absolute atomic E-state index is 0.631. The Kier molecular flexibility index (Phi) is 4.95. The van der Waals surface area contributed by atoms with Gasteiger partial charge in [-0.25, -0.2) is 4.98 Å². The lowest BCUT2D eigenvalue weighted by Gasteiger charge is -2.09. The highest BCUT2D eigenvalue weighted by Crippen LogP contribution is 2.27. The van der Waals surface area contributed by atoms with Crippen LogP contribution >= 0.6 is 11.6 Å². The second-order valence-electron chi connectivity index (χ2n) is 5.55. The predicted octanol–water partition coefficient (Wildman–Crippen LogP) is 5.44. The van der Waals surface area contributed by atoms with E-state index >= 15 is 0 Å². The van der Waals surface area contributed by atoms with Gasteiger partial charge in [-0.05, 0) is 31.0 Å². The maximum Gasteiger partial charge on any atom is 0.141 e. The van der Waals surface area contributed by atoms with Gasteiger partial charge >= 0.3 is 0 Å². The summed E-state index contributed by atoms with van der Waals surface area (Å²) < 4.78 is 2.26. The van der Waals surface area contributed by atoms with Crippen LogP contribution < -0.4 is 0 Å². The molecule has 0 aliphatic heterocycles. The van der Waals surface area contributed by atoms with Crippen molar-refractivity contribution in [2.24, 2.45) is 0 Å². The first-order valence-corrected chi connectivity index (χ1v) is 8.25. The fraction of sp³-hybridized carbons (Fsp3) is 0.263. The second kappa shape index (κ2) is 7.30. The standard InChI is InChI=1S/C19H18ClN3/c20-16-10-11-18-17(14-16)22-19(15-8-4-3-5-9-15)23(18)13-7-2-1-6-12-21/h3-5,8-11,14H,1-2,6-7,13H2. The number of aromatic nitrogens is 2. The molecule has 3 nitrogen and oxygen atoms in total.